The van der Waals surface area contributed by atoms with Gasteiger partial charge < -0.3 is 23.5 Å². The first-order valence-corrected chi connectivity index (χ1v) is 18.5. The van der Waals surface area contributed by atoms with Gasteiger partial charge in [0.15, 0.2) is 18.2 Å². The van der Waals surface area contributed by atoms with Crippen molar-refractivity contribution in [3.8, 4) is 23.3 Å². The largest absolute Gasteiger partial charge is 0.493 e. The van der Waals surface area contributed by atoms with E-state index in [0.717, 1.165) is 60.6 Å². The van der Waals surface area contributed by atoms with Gasteiger partial charge in [-0.2, -0.15) is 5.26 Å². The van der Waals surface area contributed by atoms with Crippen molar-refractivity contribution >= 4 is 38.7 Å². The summed E-state index contributed by atoms with van der Waals surface area (Å²) in [6, 6.07) is 11.7. The molecular weight excluding hydrogens is 718 g/mol. The van der Waals surface area contributed by atoms with E-state index in [-0.39, 0.29) is 25.0 Å². The number of benzene rings is 2. The average Bonchev–Trinajstić information content (AvgIpc) is 3.57. The highest BCUT2D eigenvalue weighted by Gasteiger charge is 2.38. The van der Waals surface area contributed by atoms with Crippen molar-refractivity contribution in [1.29, 1.82) is 10.7 Å². The first kappa shape index (κ1) is 39.7. The lowest BCUT2D eigenvalue weighted by Crippen LogP contribution is -2.31. The molecule has 8 nitrogen and oxygen atoms in total. The summed E-state index contributed by atoms with van der Waals surface area (Å²) < 4.78 is 25.1. The predicted molar refractivity (Wildman–Crippen MR) is 212 cm³/mol. The van der Waals surface area contributed by atoms with E-state index in [1.54, 1.807) is 14.2 Å². The van der Waals surface area contributed by atoms with Gasteiger partial charge in [0.25, 0.3) is 0 Å². The number of nitrogens with one attached hydrogen (secondary N) is 1. The van der Waals surface area contributed by atoms with Crippen molar-refractivity contribution in [2.24, 2.45) is 5.92 Å². The van der Waals surface area contributed by atoms with Crippen molar-refractivity contribution in [3.05, 3.63) is 125 Å². The molecule has 2 unspecified atom stereocenters. The summed E-state index contributed by atoms with van der Waals surface area (Å²) in [5.41, 5.74) is 2.35. The molecule has 0 saturated heterocycles. The summed E-state index contributed by atoms with van der Waals surface area (Å²) in [5, 5.41) is 19.4. The molecule has 3 aromatic rings. The zero-order valence-corrected chi connectivity index (χ0v) is 31.8. The third-order valence-electron chi connectivity index (χ3n) is 8.53. The van der Waals surface area contributed by atoms with Gasteiger partial charge in [-0.15, -0.1) is 0 Å². The van der Waals surface area contributed by atoms with Gasteiger partial charge in [0.2, 0.25) is 5.90 Å². The second kappa shape index (κ2) is 21.3. The van der Waals surface area contributed by atoms with Crippen LogP contribution in [-0.4, -0.2) is 30.7 Å². The molecule has 4 rings (SSSR count). The van der Waals surface area contributed by atoms with Crippen molar-refractivity contribution in [2.75, 3.05) is 14.2 Å². The Morgan fingerprint density at radius 2 is 1.52 bits per heavy atom. The molecule has 2 heterocycles. The van der Waals surface area contributed by atoms with E-state index in [2.05, 4.69) is 95.8 Å². The van der Waals surface area contributed by atoms with E-state index < -0.39 is 11.8 Å². The Labute approximate surface area is 316 Å². The Bertz CT molecular complexity index is 1890. The number of rotatable bonds is 19. The average molecular weight is 767 g/mol. The van der Waals surface area contributed by atoms with Crippen LogP contribution >= 0.6 is 15.9 Å². The third-order valence-corrected chi connectivity index (χ3v) is 9.12. The van der Waals surface area contributed by atoms with Crippen LogP contribution in [0.2, 0.25) is 0 Å². The Morgan fingerprint density at radius 3 is 2.10 bits per heavy atom. The van der Waals surface area contributed by atoms with E-state index in [1.165, 1.54) is 0 Å². The summed E-state index contributed by atoms with van der Waals surface area (Å²) in [6.45, 7) is 2.20. The fourth-order valence-electron chi connectivity index (χ4n) is 5.92. The van der Waals surface area contributed by atoms with Crippen molar-refractivity contribution in [1.82, 2.24) is 4.57 Å². The number of hydrogen-bond donors (Lipinski definition) is 1. The summed E-state index contributed by atoms with van der Waals surface area (Å²) in [4.78, 5) is 12.5. The lowest BCUT2D eigenvalue weighted by atomic mass is 9.78. The van der Waals surface area contributed by atoms with E-state index in [1.807, 2.05) is 47.2 Å². The standard InChI is InChI=1S/C43H48BrN3O5/c1-4-5-6-7-8-9-10-11-12-13-14-15-16-17-18-19-20-21-22-23-39(48)51-31-47-27-26-33-37(47)25-24-34-40(35(30-45)43(46)52-41(33)34)32-28-36(44)42(50-3)38(29-32)49-2/h5-6,8-9,11-12,14-15,17-18,20-21,24-29,35,40,46H,4,7,10,13,16,19,22-23,31H2,1-3H3. The molecule has 0 fully saturated rings. The summed E-state index contributed by atoms with van der Waals surface area (Å²) in [6.07, 6.45) is 34.3. The lowest BCUT2D eigenvalue weighted by molar-refractivity contribution is -0.147. The second-order valence-electron chi connectivity index (χ2n) is 12.1. The van der Waals surface area contributed by atoms with Gasteiger partial charge in [-0.3, -0.25) is 10.2 Å². The van der Waals surface area contributed by atoms with Crippen LogP contribution in [-0.2, 0) is 16.3 Å². The van der Waals surface area contributed by atoms with E-state index in [9.17, 15) is 10.1 Å². The smallest absolute Gasteiger partial charge is 0.307 e. The highest BCUT2D eigenvalue weighted by molar-refractivity contribution is 9.10. The van der Waals surface area contributed by atoms with Gasteiger partial charge in [-0.25, -0.2) is 0 Å². The van der Waals surface area contributed by atoms with Gasteiger partial charge in [0, 0.05) is 29.5 Å². The van der Waals surface area contributed by atoms with Gasteiger partial charge in [-0.05, 0) is 90.7 Å². The van der Waals surface area contributed by atoms with Crippen molar-refractivity contribution in [2.45, 2.75) is 70.9 Å². The van der Waals surface area contributed by atoms with Gasteiger partial charge >= 0.3 is 5.97 Å². The molecule has 0 spiro atoms. The van der Waals surface area contributed by atoms with Crippen LogP contribution < -0.4 is 14.2 Å². The fourth-order valence-corrected chi connectivity index (χ4v) is 6.54. The molecule has 52 heavy (non-hydrogen) atoms. The van der Waals surface area contributed by atoms with Crippen LogP contribution in [0.3, 0.4) is 0 Å². The molecule has 2 aromatic carbocycles. The molecule has 0 amide bonds. The number of fused-ring (bicyclic) bond motifs is 3. The number of aromatic nitrogens is 1. The summed E-state index contributed by atoms with van der Waals surface area (Å²) >= 11 is 3.56. The molecule has 9 heteroatoms. The minimum Gasteiger partial charge on any atom is -0.493 e. The minimum absolute atomic E-state index is 0.0508. The Kier molecular flexibility index (Phi) is 16.3. The molecule has 1 aliphatic heterocycles. The maximum Gasteiger partial charge on any atom is 0.307 e. The summed E-state index contributed by atoms with van der Waals surface area (Å²) in [7, 11) is 3.12. The highest BCUT2D eigenvalue weighted by atomic mass is 79.9. The molecule has 1 N–H and O–H groups in total. The van der Waals surface area contributed by atoms with E-state index in [4.69, 9.17) is 24.4 Å². The number of nitrogens with zero attached hydrogens (tertiary/aromatic N) is 2. The number of allylic oxidation sites excluding steroid dienone is 12. The van der Waals surface area contributed by atoms with Crippen LogP contribution in [0.4, 0.5) is 0 Å². The zero-order chi connectivity index (χ0) is 37.1. The van der Waals surface area contributed by atoms with Gasteiger partial charge in [0.1, 0.15) is 11.7 Å². The molecule has 1 aromatic heterocycles. The Hall–Kier alpha value is -5.07. The number of esters is 1. The molecule has 0 bridgehead atoms. The normalized spacial score (nSPS) is 16.2. The number of ether oxygens (including phenoxy) is 4. The second-order valence-corrected chi connectivity index (χ2v) is 12.9. The fraction of sp³-hybridized carbons (Fsp3) is 0.326. The maximum atomic E-state index is 12.5. The minimum atomic E-state index is -0.834. The SMILES string of the molecule is CCC=CCC=CCC=CCC=CCC=CCC=CCCC(=O)OCn1ccc2c3c(ccc21)C(c1cc(Br)c(OC)c(OC)c1)C(C#N)C(=N)O3. The number of carbonyl (C=O) groups is 1. The van der Waals surface area contributed by atoms with Crippen LogP contribution in [0.5, 0.6) is 17.2 Å². The quantitative estimate of drug-likeness (QED) is 0.0962. The Morgan fingerprint density at radius 1 is 0.904 bits per heavy atom. The van der Waals surface area contributed by atoms with Crippen LogP contribution in [0.15, 0.2) is 114 Å². The topological polar surface area (TPSA) is 107 Å². The lowest BCUT2D eigenvalue weighted by Gasteiger charge is -2.31. The van der Waals surface area contributed by atoms with E-state index >= 15 is 0 Å². The summed E-state index contributed by atoms with van der Waals surface area (Å²) in [5.74, 6) is -0.163. The van der Waals surface area contributed by atoms with Crippen LogP contribution in [0.1, 0.15) is 75.3 Å². The highest BCUT2D eigenvalue weighted by Crippen LogP contribution is 2.48. The van der Waals surface area contributed by atoms with E-state index in [0.29, 0.717) is 28.1 Å². The van der Waals surface area contributed by atoms with Gasteiger partial charge in [0.05, 0.1) is 30.3 Å². The number of carbonyl (C=O) groups excluding carboxylic acids is 1. The van der Waals surface area contributed by atoms with Crippen molar-refractivity contribution in [3.63, 3.8) is 0 Å². The molecular formula is C43H48BrN3O5. The molecule has 2 atom stereocenters. The first-order valence-electron chi connectivity index (χ1n) is 17.7. The van der Waals surface area contributed by atoms with Crippen LogP contribution in [0, 0.1) is 22.7 Å². The monoisotopic (exact) mass is 765 g/mol. The number of hydrogen-bond acceptors (Lipinski definition) is 7. The number of halogens is 1. The van der Waals surface area contributed by atoms with Gasteiger partial charge in [-0.1, -0.05) is 85.9 Å². The number of nitriles is 1. The van der Waals surface area contributed by atoms with Crippen LogP contribution in [0.25, 0.3) is 10.9 Å². The maximum absolute atomic E-state index is 12.5. The number of methoxy groups -OCH3 is 2. The third kappa shape index (κ3) is 11.0. The first-order chi connectivity index (χ1) is 25.4. The molecule has 0 aliphatic carbocycles. The van der Waals surface area contributed by atoms with Crippen molar-refractivity contribution < 1.29 is 23.7 Å². The molecule has 0 saturated carbocycles. The zero-order valence-electron chi connectivity index (χ0n) is 30.2. The Balaban J connectivity index is 1.24. The molecule has 0 radical (unpaired) electrons. The predicted octanol–water partition coefficient (Wildman–Crippen LogP) is 11.0. The molecule has 272 valence electrons. The molecule has 1 aliphatic rings.